The summed E-state index contributed by atoms with van der Waals surface area (Å²) in [6.07, 6.45) is 1.13. The van der Waals surface area contributed by atoms with Crippen LogP contribution in [0.15, 0.2) is 60.4 Å². The molecule has 0 atom stereocenters. The highest BCUT2D eigenvalue weighted by atomic mass is 19.1. The topological polar surface area (TPSA) is 35.5 Å². The summed E-state index contributed by atoms with van der Waals surface area (Å²) in [5.74, 6) is -1.09. The van der Waals surface area contributed by atoms with Gasteiger partial charge in [-0.2, -0.15) is 4.39 Å². The van der Waals surface area contributed by atoms with Crippen molar-refractivity contribution in [3.05, 3.63) is 66.0 Å². The molecule has 0 aliphatic carbocycles. The van der Waals surface area contributed by atoms with Gasteiger partial charge in [0, 0.05) is 0 Å². The molecule has 20 heavy (non-hydrogen) atoms. The van der Waals surface area contributed by atoms with E-state index in [4.69, 9.17) is 9.47 Å². The maximum atomic E-state index is 13.7. The Morgan fingerprint density at radius 1 is 1.00 bits per heavy atom. The minimum absolute atomic E-state index is 0.257. The first-order valence-corrected chi connectivity index (χ1v) is 5.97. The van der Waals surface area contributed by atoms with Gasteiger partial charge in [0.05, 0.1) is 7.11 Å². The normalized spacial score (nSPS) is 11.0. The molecule has 0 heterocycles. The quantitative estimate of drug-likeness (QED) is 0.484. The first-order valence-electron chi connectivity index (χ1n) is 5.97. The summed E-state index contributed by atoms with van der Waals surface area (Å²) >= 11 is 0. The maximum Gasteiger partial charge on any atom is 0.372 e. The van der Waals surface area contributed by atoms with E-state index in [2.05, 4.69) is 0 Å². The molecule has 0 saturated heterocycles. The second-order valence-electron chi connectivity index (χ2n) is 3.97. The minimum atomic E-state index is -1.03. The molecule has 0 amide bonds. The number of hydrogen-bond donors (Lipinski definition) is 0. The fourth-order valence-corrected chi connectivity index (χ4v) is 1.55. The largest absolute Gasteiger partial charge is 0.497 e. The van der Waals surface area contributed by atoms with Crippen LogP contribution < -0.4 is 9.47 Å². The molecule has 0 aromatic heterocycles. The van der Waals surface area contributed by atoms with Gasteiger partial charge in [-0.05, 0) is 35.9 Å². The third-order valence-corrected chi connectivity index (χ3v) is 2.56. The van der Waals surface area contributed by atoms with Crippen LogP contribution in [0.3, 0.4) is 0 Å². The molecule has 0 fully saturated rings. The molecule has 0 N–H and O–H groups in total. The number of hydrogen-bond acceptors (Lipinski definition) is 3. The van der Waals surface area contributed by atoms with Crippen molar-refractivity contribution >= 4 is 12.0 Å². The van der Waals surface area contributed by atoms with Gasteiger partial charge >= 0.3 is 5.97 Å². The molecule has 2 aromatic rings. The highest BCUT2D eigenvalue weighted by Gasteiger charge is 2.11. The SMILES string of the molecule is COc1ccc(OC(=O)/C(F)=C/c2ccccc2)cc1. The van der Waals surface area contributed by atoms with E-state index in [1.807, 2.05) is 6.07 Å². The van der Waals surface area contributed by atoms with Crippen molar-refractivity contribution in [2.45, 2.75) is 0 Å². The van der Waals surface area contributed by atoms with Crippen LogP contribution in [0.1, 0.15) is 5.56 Å². The van der Waals surface area contributed by atoms with Gasteiger partial charge in [0.2, 0.25) is 5.83 Å². The van der Waals surface area contributed by atoms with Gasteiger partial charge in [-0.3, -0.25) is 0 Å². The van der Waals surface area contributed by atoms with Gasteiger partial charge in [-0.25, -0.2) is 4.79 Å². The smallest absolute Gasteiger partial charge is 0.372 e. The van der Waals surface area contributed by atoms with E-state index in [9.17, 15) is 9.18 Å². The summed E-state index contributed by atoms with van der Waals surface area (Å²) in [4.78, 5) is 11.6. The van der Waals surface area contributed by atoms with Crippen molar-refractivity contribution in [1.29, 1.82) is 0 Å². The average molecular weight is 272 g/mol. The Hall–Kier alpha value is -2.62. The van der Waals surface area contributed by atoms with E-state index in [1.54, 1.807) is 36.4 Å². The van der Waals surface area contributed by atoms with Crippen LogP contribution in [0.2, 0.25) is 0 Å². The van der Waals surface area contributed by atoms with Gasteiger partial charge in [0.1, 0.15) is 11.5 Å². The fourth-order valence-electron chi connectivity index (χ4n) is 1.55. The number of esters is 1. The van der Waals surface area contributed by atoms with E-state index in [1.165, 1.54) is 19.2 Å². The molecule has 0 aliphatic rings. The molecule has 0 unspecified atom stereocenters. The number of ether oxygens (including phenoxy) is 2. The zero-order chi connectivity index (χ0) is 14.4. The van der Waals surface area contributed by atoms with E-state index < -0.39 is 11.8 Å². The lowest BCUT2D eigenvalue weighted by Gasteiger charge is -2.04. The van der Waals surface area contributed by atoms with E-state index in [0.29, 0.717) is 11.3 Å². The molecular formula is C16H13FO3. The molecule has 2 rings (SSSR count). The first kappa shape index (κ1) is 13.8. The number of rotatable bonds is 4. The van der Waals surface area contributed by atoms with Gasteiger partial charge in [0.15, 0.2) is 0 Å². The van der Waals surface area contributed by atoms with E-state index >= 15 is 0 Å². The van der Waals surface area contributed by atoms with Crippen molar-refractivity contribution in [2.24, 2.45) is 0 Å². The van der Waals surface area contributed by atoms with Crippen molar-refractivity contribution in [3.8, 4) is 11.5 Å². The standard InChI is InChI=1S/C16H13FO3/c1-19-13-7-9-14(10-8-13)20-16(18)15(17)11-12-5-3-2-4-6-12/h2-11H,1H3/b15-11-. The molecule has 3 nitrogen and oxygen atoms in total. The summed E-state index contributed by atoms with van der Waals surface area (Å²) < 4.78 is 23.6. The zero-order valence-corrected chi connectivity index (χ0v) is 10.9. The van der Waals surface area contributed by atoms with Gasteiger partial charge < -0.3 is 9.47 Å². The van der Waals surface area contributed by atoms with E-state index in [0.717, 1.165) is 6.08 Å². The minimum Gasteiger partial charge on any atom is -0.497 e. The Morgan fingerprint density at radius 3 is 2.20 bits per heavy atom. The van der Waals surface area contributed by atoms with Crippen LogP contribution in [0.5, 0.6) is 11.5 Å². The maximum absolute atomic E-state index is 13.7. The molecule has 0 aliphatic heterocycles. The number of benzene rings is 2. The summed E-state index contributed by atoms with van der Waals surface area (Å²) in [5.41, 5.74) is 0.594. The highest BCUT2D eigenvalue weighted by Crippen LogP contribution is 2.18. The molecule has 0 spiro atoms. The number of carbonyl (C=O) groups is 1. The number of carbonyl (C=O) groups excluding carboxylic acids is 1. The molecule has 102 valence electrons. The Bertz CT molecular complexity index is 603. The van der Waals surface area contributed by atoms with Crippen LogP contribution >= 0.6 is 0 Å². The fraction of sp³-hybridized carbons (Fsp3) is 0.0625. The van der Waals surface area contributed by atoms with Crippen LogP contribution in [0.25, 0.3) is 6.08 Å². The Balaban J connectivity index is 2.05. The lowest BCUT2D eigenvalue weighted by atomic mass is 10.2. The third kappa shape index (κ3) is 3.68. The highest BCUT2D eigenvalue weighted by molar-refractivity contribution is 5.92. The first-order chi connectivity index (χ1) is 9.69. The summed E-state index contributed by atoms with van der Waals surface area (Å²) in [7, 11) is 1.53. The summed E-state index contributed by atoms with van der Waals surface area (Å²) in [6.45, 7) is 0. The second-order valence-corrected chi connectivity index (χ2v) is 3.97. The number of methoxy groups -OCH3 is 1. The lowest BCUT2D eigenvalue weighted by Crippen LogP contribution is -2.08. The van der Waals surface area contributed by atoms with Crippen molar-refractivity contribution in [1.82, 2.24) is 0 Å². The predicted octanol–water partition coefficient (Wildman–Crippen LogP) is 3.61. The van der Waals surface area contributed by atoms with Crippen molar-refractivity contribution in [3.63, 3.8) is 0 Å². The monoisotopic (exact) mass is 272 g/mol. The number of halogens is 1. The molecule has 0 radical (unpaired) electrons. The average Bonchev–Trinajstić information content (AvgIpc) is 2.49. The summed E-state index contributed by atoms with van der Waals surface area (Å²) in [5, 5.41) is 0. The van der Waals surface area contributed by atoms with Crippen molar-refractivity contribution < 1.29 is 18.7 Å². The molecule has 2 aromatic carbocycles. The van der Waals surface area contributed by atoms with Crippen LogP contribution in [-0.2, 0) is 4.79 Å². The summed E-state index contributed by atoms with van der Waals surface area (Å²) in [6, 6.07) is 15.0. The zero-order valence-electron chi connectivity index (χ0n) is 10.9. The Labute approximate surface area is 116 Å². The second kappa shape index (κ2) is 6.52. The predicted molar refractivity (Wildman–Crippen MR) is 74.2 cm³/mol. The van der Waals surface area contributed by atoms with E-state index in [-0.39, 0.29) is 5.75 Å². The molecule has 4 heteroatoms. The van der Waals surface area contributed by atoms with Crippen molar-refractivity contribution in [2.75, 3.05) is 7.11 Å². The molecule has 0 bridgehead atoms. The van der Waals surface area contributed by atoms with Crippen LogP contribution in [0, 0.1) is 0 Å². The third-order valence-electron chi connectivity index (χ3n) is 2.56. The van der Waals surface area contributed by atoms with Gasteiger partial charge in [-0.1, -0.05) is 30.3 Å². The lowest BCUT2D eigenvalue weighted by molar-refractivity contribution is -0.131. The van der Waals surface area contributed by atoms with Gasteiger partial charge in [-0.15, -0.1) is 0 Å². The molecule has 0 saturated carbocycles. The Morgan fingerprint density at radius 2 is 1.60 bits per heavy atom. The van der Waals surface area contributed by atoms with Gasteiger partial charge in [0.25, 0.3) is 0 Å². The van der Waals surface area contributed by atoms with Crippen LogP contribution in [-0.4, -0.2) is 13.1 Å². The molecular weight excluding hydrogens is 259 g/mol. The van der Waals surface area contributed by atoms with Crippen LogP contribution in [0.4, 0.5) is 4.39 Å². The Kier molecular flexibility index (Phi) is 4.50.